The molecule has 1 aromatic carbocycles. The van der Waals surface area contributed by atoms with Gasteiger partial charge in [-0.2, -0.15) is 0 Å². The van der Waals surface area contributed by atoms with Crippen LogP contribution in [0, 0.1) is 15.9 Å². The minimum atomic E-state index is -0.575. The molecule has 0 aliphatic rings. The van der Waals surface area contributed by atoms with Crippen LogP contribution in [0.2, 0.25) is 0 Å². The zero-order chi connectivity index (χ0) is 13.8. The average Bonchev–Trinajstić information content (AvgIpc) is 2.88. The molecule has 1 heterocycles. The number of benzene rings is 1. The molecule has 2 aromatic rings. The summed E-state index contributed by atoms with van der Waals surface area (Å²) in [6, 6.07) is 8.82. The highest BCUT2D eigenvalue weighted by molar-refractivity contribution is 5.23. The van der Waals surface area contributed by atoms with E-state index in [-0.39, 0.29) is 17.7 Å². The zero-order valence-electron chi connectivity index (χ0n) is 10.3. The van der Waals surface area contributed by atoms with Crippen molar-refractivity contribution in [2.75, 3.05) is 7.05 Å². The molecule has 1 N–H and O–H groups in total. The molecule has 6 heteroatoms. The summed E-state index contributed by atoms with van der Waals surface area (Å²) in [5, 5.41) is 13.6. The van der Waals surface area contributed by atoms with Crippen LogP contribution in [0.4, 0.5) is 10.3 Å². The van der Waals surface area contributed by atoms with Gasteiger partial charge in [0.25, 0.3) is 0 Å². The van der Waals surface area contributed by atoms with Gasteiger partial charge in [0.2, 0.25) is 0 Å². The summed E-state index contributed by atoms with van der Waals surface area (Å²) < 4.78 is 18.0. The Morgan fingerprint density at radius 1 is 1.32 bits per heavy atom. The highest BCUT2D eigenvalue weighted by Crippen LogP contribution is 2.24. The monoisotopic (exact) mass is 264 g/mol. The lowest BCUT2D eigenvalue weighted by Crippen LogP contribution is -2.18. The Morgan fingerprint density at radius 3 is 2.53 bits per heavy atom. The van der Waals surface area contributed by atoms with Gasteiger partial charge in [-0.25, -0.2) is 4.39 Å². The van der Waals surface area contributed by atoms with Crippen LogP contribution in [0.3, 0.4) is 0 Å². The van der Waals surface area contributed by atoms with Crippen molar-refractivity contribution in [3.05, 3.63) is 63.7 Å². The van der Waals surface area contributed by atoms with Gasteiger partial charge in [-0.1, -0.05) is 12.1 Å². The molecule has 0 fully saturated rings. The van der Waals surface area contributed by atoms with Crippen molar-refractivity contribution in [1.82, 2.24) is 5.32 Å². The van der Waals surface area contributed by atoms with Crippen molar-refractivity contribution in [1.29, 1.82) is 0 Å². The molecule has 0 bridgehead atoms. The molecular weight excluding hydrogens is 251 g/mol. The number of halogens is 1. The molecule has 0 saturated carbocycles. The van der Waals surface area contributed by atoms with Gasteiger partial charge >= 0.3 is 5.88 Å². The van der Waals surface area contributed by atoms with Crippen LogP contribution in [-0.4, -0.2) is 12.0 Å². The Morgan fingerprint density at radius 2 is 2.00 bits per heavy atom. The second-order valence-electron chi connectivity index (χ2n) is 4.10. The zero-order valence-corrected chi connectivity index (χ0v) is 10.3. The largest absolute Gasteiger partial charge is 0.433 e. The minimum absolute atomic E-state index is 0.195. The number of rotatable bonds is 5. The second-order valence-corrected chi connectivity index (χ2v) is 4.10. The summed E-state index contributed by atoms with van der Waals surface area (Å²) in [4.78, 5) is 10.00. The SMILES string of the molecule is CNC(Cc1ccc(F)cc1)c1ccc([N+](=O)[O-])o1. The fourth-order valence-electron chi connectivity index (χ4n) is 1.83. The highest BCUT2D eigenvalue weighted by atomic mass is 19.1. The van der Waals surface area contributed by atoms with Crippen molar-refractivity contribution < 1.29 is 13.7 Å². The van der Waals surface area contributed by atoms with Crippen molar-refractivity contribution in [2.24, 2.45) is 0 Å². The van der Waals surface area contributed by atoms with Gasteiger partial charge < -0.3 is 9.73 Å². The van der Waals surface area contributed by atoms with Crippen molar-refractivity contribution >= 4 is 5.88 Å². The van der Waals surface area contributed by atoms with Gasteiger partial charge in [0.15, 0.2) is 0 Å². The first-order chi connectivity index (χ1) is 9.10. The smallest absolute Gasteiger partial charge is 0.404 e. The minimum Gasteiger partial charge on any atom is -0.404 e. The van der Waals surface area contributed by atoms with Crippen molar-refractivity contribution in [3.63, 3.8) is 0 Å². The summed E-state index contributed by atoms with van der Waals surface area (Å²) in [5.74, 6) is -0.0914. The van der Waals surface area contributed by atoms with Gasteiger partial charge in [0, 0.05) is 0 Å². The Bertz CT molecular complexity index is 566. The number of likely N-dealkylation sites (N-methyl/N-ethyl adjacent to an activating group) is 1. The summed E-state index contributed by atoms with van der Waals surface area (Å²) in [6.07, 6.45) is 0.557. The second kappa shape index (κ2) is 5.62. The number of nitro groups is 1. The molecule has 5 nitrogen and oxygen atoms in total. The van der Waals surface area contributed by atoms with E-state index in [1.54, 1.807) is 25.2 Å². The molecule has 0 spiro atoms. The maximum atomic E-state index is 12.8. The molecule has 0 saturated heterocycles. The molecule has 19 heavy (non-hydrogen) atoms. The molecule has 0 radical (unpaired) electrons. The van der Waals surface area contributed by atoms with E-state index in [1.165, 1.54) is 18.2 Å². The molecule has 2 rings (SSSR count). The average molecular weight is 264 g/mol. The van der Waals surface area contributed by atoms with Crippen LogP contribution in [0.25, 0.3) is 0 Å². The fourth-order valence-corrected chi connectivity index (χ4v) is 1.83. The van der Waals surface area contributed by atoms with E-state index in [1.807, 2.05) is 0 Å². The van der Waals surface area contributed by atoms with E-state index >= 15 is 0 Å². The highest BCUT2D eigenvalue weighted by Gasteiger charge is 2.18. The summed E-state index contributed by atoms with van der Waals surface area (Å²) in [7, 11) is 1.74. The van der Waals surface area contributed by atoms with Gasteiger partial charge in [0.1, 0.15) is 16.5 Å². The Hall–Kier alpha value is -2.21. The topological polar surface area (TPSA) is 68.3 Å². The quantitative estimate of drug-likeness (QED) is 0.666. The lowest BCUT2D eigenvalue weighted by Gasteiger charge is -2.13. The first-order valence-electron chi connectivity index (χ1n) is 5.76. The standard InChI is InChI=1S/C13H13FN2O3/c1-15-11(8-9-2-4-10(14)5-3-9)12-6-7-13(19-12)16(17)18/h2-7,11,15H,8H2,1H3. The third kappa shape index (κ3) is 3.17. The van der Waals surface area contributed by atoms with E-state index < -0.39 is 4.92 Å². The number of nitrogens with zero attached hydrogens (tertiary/aromatic N) is 1. The van der Waals surface area contributed by atoms with E-state index in [9.17, 15) is 14.5 Å². The molecule has 0 amide bonds. The van der Waals surface area contributed by atoms with Gasteiger partial charge in [-0.15, -0.1) is 0 Å². The van der Waals surface area contributed by atoms with Crippen LogP contribution in [0.1, 0.15) is 17.4 Å². The van der Waals surface area contributed by atoms with Gasteiger partial charge in [-0.3, -0.25) is 10.1 Å². The van der Waals surface area contributed by atoms with Crippen LogP contribution in [0.5, 0.6) is 0 Å². The Labute approximate surface area is 109 Å². The maximum absolute atomic E-state index is 12.8. The predicted molar refractivity (Wildman–Crippen MR) is 67.3 cm³/mol. The third-order valence-corrected chi connectivity index (χ3v) is 2.84. The number of hydrogen-bond donors (Lipinski definition) is 1. The van der Waals surface area contributed by atoms with Crippen LogP contribution in [0.15, 0.2) is 40.8 Å². The summed E-state index contributed by atoms with van der Waals surface area (Å²) >= 11 is 0. The normalized spacial score (nSPS) is 12.3. The lowest BCUT2D eigenvalue weighted by atomic mass is 10.0. The summed E-state index contributed by atoms with van der Waals surface area (Å²) in [5.41, 5.74) is 0.916. The molecule has 0 aliphatic heterocycles. The van der Waals surface area contributed by atoms with Gasteiger partial charge in [-0.05, 0) is 37.2 Å². The van der Waals surface area contributed by atoms with E-state index in [4.69, 9.17) is 4.42 Å². The molecule has 1 aromatic heterocycles. The van der Waals surface area contributed by atoms with E-state index in [2.05, 4.69) is 5.32 Å². The number of furan rings is 1. The third-order valence-electron chi connectivity index (χ3n) is 2.84. The number of nitrogens with one attached hydrogen (secondary N) is 1. The molecular formula is C13H13FN2O3. The predicted octanol–water partition coefficient (Wildman–Crippen LogP) is 2.83. The first-order valence-corrected chi connectivity index (χ1v) is 5.76. The maximum Gasteiger partial charge on any atom is 0.433 e. The van der Waals surface area contributed by atoms with Crippen LogP contribution < -0.4 is 5.32 Å². The van der Waals surface area contributed by atoms with Crippen molar-refractivity contribution in [2.45, 2.75) is 12.5 Å². The van der Waals surface area contributed by atoms with Crippen LogP contribution >= 0.6 is 0 Å². The number of hydrogen-bond acceptors (Lipinski definition) is 4. The first kappa shape index (κ1) is 13.2. The van der Waals surface area contributed by atoms with Gasteiger partial charge in [0.05, 0.1) is 12.1 Å². The van der Waals surface area contributed by atoms with Crippen LogP contribution in [-0.2, 0) is 6.42 Å². The summed E-state index contributed by atoms with van der Waals surface area (Å²) in [6.45, 7) is 0. The molecule has 100 valence electrons. The Kier molecular flexibility index (Phi) is 3.91. The Balaban J connectivity index is 2.15. The van der Waals surface area contributed by atoms with Crippen molar-refractivity contribution in [3.8, 4) is 0 Å². The fraction of sp³-hybridized carbons (Fsp3) is 0.231. The van der Waals surface area contributed by atoms with E-state index in [0.29, 0.717) is 12.2 Å². The molecule has 1 atom stereocenters. The molecule has 1 unspecified atom stereocenters. The lowest BCUT2D eigenvalue weighted by molar-refractivity contribution is -0.402. The van der Waals surface area contributed by atoms with E-state index in [0.717, 1.165) is 5.56 Å². The molecule has 0 aliphatic carbocycles.